The normalized spacial score (nSPS) is 10.7. The van der Waals surface area contributed by atoms with Crippen molar-refractivity contribution in [1.82, 2.24) is 10.6 Å². The number of aliphatic imine (C=N–C) groups is 1. The van der Waals surface area contributed by atoms with Gasteiger partial charge < -0.3 is 10.6 Å². The Hall–Kier alpha value is -0.200. The summed E-state index contributed by atoms with van der Waals surface area (Å²) in [5.74, 6) is 0.771. The molecule has 0 atom stereocenters. The zero-order chi connectivity index (χ0) is 12.0. The van der Waals surface area contributed by atoms with Gasteiger partial charge in [-0.3, -0.25) is 4.99 Å². The van der Waals surface area contributed by atoms with Crippen LogP contribution in [0.25, 0.3) is 0 Å². The average Bonchev–Trinajstić information content (AvgIpc) is 2.23. The fraction of sp³-hybridized carbons (Fsp3) is 0.364. The second-order valence-corrected chi connectivity index (χ2v) is 4.15. The molecule has 0 fully saturated rings. The maximum Gasteiger partial charge on any atom is 0.190 e. The van der Waals surface area contributed by atoms with Gasteiger partial charge >= 0.3 is 0 Å². The molecule has 3 nitrogen and oxygen atoms in total. The van der Waals surface area contributed by atoms with E-state index in [2.05, 4.69) is 15.6 Å². The van der Waals surface area contributed by atoms with Crippen molar-refractivity contribution in [3.63, 3.8) is 0 Å². The first-order valence-electron chi connectivity index (χ1n) is 4.99. The molecule has 0 aromatic heterocycles. The van der Waals surface area contributed by atoms with E-state index in [0.29, 0.717) is 10.0 Å². The van der Waals surface area contributed by atoms with Crippen molar-refractivity contribution in [3.05, 3.63) is 33.8 Å². The molecule has 1 aromatic rings. The van der Waals surface area contributed by atoms with Gasteiger partial charge in [0.15, 0.2) is 5.96 Å². The summed E-state index contributed by atoms with van der Waals surface area (Å²) in [7, 11) is 3.56. The maximum absolute atomic E-state index is 5.91. The lowest BCUT2D eigenvalue weighted by Crippen LogP contribution is -2.35. The first-order chi connectivity index (χ1) is 7.65. The third-order valence-corrected chi connectivity index (χ3v) is 2.53. The molecule has 0 aliphatic carbocycles. The van der Waals surface area contributed by atoms with E-state index >= 15 is 0 Å². The smallest absolute Gasteiger partial charge is 0.190 e. The SMILES string of the molecule is CN=C(NC)NCCc1cc(Cl)cc(Cl)c1.I. The van der Waals surface area contributed by atoms with Crippen LogP contribution in [0.3, 0.4) is 0 Å². The predicted octanol–water partition coefficient (Wildman–Crippen LogP) is 2.95. The molecule has 0 saturated carbocycles. The molecule has 0 unspecified atom stereocenters. The van der Waals surface area contributed by atoms with Gasteiger partial charge in [-0.25, -0.2) is 0 Å². The van der Waals surface area contributed by atoms with Crippen molar-refractivity contribution >= 4 is 53.1 Å². The summed E-state index contributed by atoms with van der Waals surface area (Å²) in [5.41, 5.74) is 1.11. The lowest BCUT2D eigenvalue weighted by molar-refractivity contribution is 0.834. The minimum absolute atomic E-state index is 0. The number of nitrogens with one attached hydrogen (secondary N) is 2. The van der Waals surface area contributed by atoms with Gasteiger partial charge in [0.1, 0.15) is 0 Å². The van der Waals surface area contributed by atoms with Crippen molar-refractivity contribution in [2.75, 3.05) is 20.6 Å². The van der Waals surface area contributed by atoms with Crippen LogP contribution < -0.4 is 10.6 Å². The topological polar surface area (TPSA) is 36.4 Å². The predicted molar refractivity (Wildman–Crippen MR) is 86.0 cm³/mol. The minimum Gasteiger partial charge on any atom is -0.359 e. The molecule has 0 spiro atoms. The number of halogens is 3. The zero-order valence-electron chi connectivity index (χ0n) is 9.76. The van der Waals surface area contributed by atoms with Gasteiger partial charge in [-0.1, -0.05) is 23.2 Å². The van der Waals surface area contributed by atoms with Gasteiger partial charge in [0.25, 0.3) is 0 Å². The van der Waals surface area contributed by atoms with Crippen LogP contribution in [0.5, 0.6) is 0 Å². The molecule has 6 heteroatoms. The highest BCUT2D eigenvalue weighted by atomic mass is 127. The maximum atomic E-state index is 5.91. The molecular weight excluding hydrogens is 372 g/mol. The van der Waals surface area contributed by atoms with Crippen LogP contribution in [0.15, 0.2) is 23.2 Å². The van der Waals surface area contributed by atoms with Crippen molar-refractivity contribution in [1.29, 1.82) is 0 Å². The molecule has 0 heterocycles. The molecule has 2 N–H and O–H groups in total. The molecule has 1 rings (SSSR count). The van der Waals surface area contributed by atoms with E-state index in [9.17, 15) is 0 Å². The number of nitrogens with zero attached hydrogens (tertiary/aromatic N) is 1. The van der Waals surface area contributed by atoms with Crippen LogP contribution in [0.2, 0.25) is 10.0 Å². The van der Waals surface area contributed by atoms with E-state index in [1.807, 2.05) is 19.2 Å². The molecule has 0 bridgehead atoms. The molecule has 0 radical (unpaired) electrons. The van der Waals surface area contributed by atoms with E-state index < -0.39 is 0 Å². The number of benzene rings is 1. The summed E-state index contributed by atoms with van der Waals surface area (Å²) in [5, 5.41) is 7.44. The summed E-state index contributed by atoms with van der Waals surface area (Å²) >= 11 is 11.8. The molecule has 96 valence electrons. The van der Waals surface area contributed by atoms with E-state index in [0.717, 1.165) is 24.5 Å². The van der Waals surface area contributed by atoms with Crippen molar-refractivity contribution in [2.45, 2.75) is 6.42 Å². The van der Waals surface area contributed by atoms with Crippen molar-refractivity contribution < 1.29 is 0 Å². The summed E-state index contributed by atoms with van der Waals surface area (Å²) in [4.78, 5) is 4.02. The molecule has 1 aromatic carbocycles. The largest absolute Gasteiger partial charge is 0.359 e. The molecule has 0 amide bonds. The van der Waals surface area contributed by atoms with Gasteiger partial charge in [-0.15, -0.1) is 24.0 Å². The Balaban J connectivity index is 0.00000256. The molecule has 0 saturated heterocycles. The second kappa shape index (κ2) is 8.83. The summed E-state index contributed by atoms with van der Waals surface area (Å²) in [6.45, 7) is 0.782. The Kier molecular flexibility index (Phi) is 8.72. The Morgan fingerprint density at radius 1 is 1.24 bits per heavy atom. The Bertz CT molecular complexity index is 363. The van der Waals surface area contributed by atoms with Crippen LogP contribution in [0.4, 0.5) is 0 Å². The number of hydrogen-bond acceptors (Lipinski definition) is 1. The van der Waals surface area contributed by atoms with Crippen molar-refractivity contribution in [3.8, 4) is 0 Å². The van der Waals surface area contributed by atoms with Crippen LogP contribution in [-0.4, -0.2) is 26.6 Å². The third kappa shape index (κ3) is 6.33. The lowest BCUT2D eigenvalue weighted by Gasteiger charge is -2.08. The van der Waals surface area contributed by atoms with Gasteiger partial charge in [-0.05, 0) is 30.2 Å². The van der Waals surface area contributed by atoms with Gasteiger partial charge in [0.2, 0.25) is 0 Å². The zero-order valence-corrected chi connectivity index (χ0v) is 13.6. The quantitative estimate of drug-likeness (QED) is 0.475. The first kappa shape index (κ1) is 16.8. The highest BCUT2D eigenvalue weighted by Crippen LogP contribution is 2.19. The molecule has 0 aliphatic heterocycles. The first-order valence-corrected chi connectivity index (χ1v) is 5.74. The summed E-state index contributed by atoms with van der Waals surface area (Å²) in [6.07, 6.45) is 0.848. The standard InChI is InChI=1S/C11H15Cl2N3.HI/c1-14-11(15-2)16-4-3-8-5-9(12)7-10(13)6-8;/h5-7H,3-4H2,1-2H3,(H2,14,15,16);1H. The van der Waals surface area contributed by atoms with E-state index in [1.165, 1.54) is 0 Å². The van der Waals surface area contributed by atoms with Gasteiger partial charge in [0.05, 0.1) is 0 Å². The monoisotopic (exact) mass is 387 g/mol. The second-order valence-electron chi connectivity index (χ2n) is 3.28. The van der Waals surface area contributed by atoms with Crippen LogP contribution in [0, 0.1) is 0 Å². The molecular formula is C11H16Cl2IN3. The number of rotatable bonds is 3. The fourth-order valence-corrected chi connectivity index (χ4v) is 1.93. The Labute approximate surface area is 129 Å². The van der Waals surface area contributed by atoms with E-state index in [1.54, 1.807) is 13.1 Å². The number of guanidine groups is 1. The third-order valence-electron chi connectivity index (χ3n) is 2.09. The molecule has 17 heavy (non-hydrogen) atoms. The Morgan fingerprint density at radius 2 is 1.82 bits per heavy atom. The number of hydrogen-bond donors (Lipinski definition) is 2. The minimum atomic E-state index is 0. The van der Waals surface area contributed by atoms with Crippen LogP contribution in [0.1, 0.15) is 5.56 Å². The average molecular weight is 388 g/mol. The van der Waals surface area contributed by atoms with E-state index in [4.69, 9.17) is 23.2 Å². The van der Waals surface area contributed by atoms with Crippen molar-refractivity contribution in [2.24, 2.45) is 4.99 Å². The highest BCUT2D eigenvalue weighted by Gasteiger charge is 1.99. The van der Waals surface area contributed by atoms with Gasteiger partial charge in [0, 0.05) is 30.7 Å². The van der Waals surface area contributed by atoms with Gasteiger partial charge in [-0.2, -0.15) is 0 Å². The van der Waals surface area contributed by atoms with Crippen LogP contribution in [-0.2, 0) is 6.42 Å². The summed E-state index contributed by atoms with van der Waals surface area (Å²) < 4.78 is 0. The summed E-state index contributed by atoms with van der Waals surface area (Å²) in [6, 6.07) is 5.56. The highest BCUT2D eigenvalue weighted by molar-refractivity contribution is 14.0. The fourth-order valence-electron chi connectivity index (χ4n) is 1.36. The van der Waals surface area contributed by atoms with E-state index in [-0.39, 0.29) is 24.0 Å². The Morgan fingerprint density at radius 3 is 2.29 bits per heavy atom. The van der Waals surface area contributed by atoms with Crippen LogP contribution >= 0.6 is 47.2 Å². The molecule has 0 aliphatic rings. The lowest BCUT2D eigenvalue weighted by atomic mass is 10.1.